The van der Waals surface area contributed by atoms with Gasteiger partial charge >= 0.3 is 5.97 Å². The van der Waals surface area contributed by atoms with E-state index in [1.807, 2.05) is 13.8 Å². The molecule has 2 N–H and O–H groups in total. The monoisotopic (exact) mass is 243 g/mol. The van der Waals surface area contributed by atoms with Gasteiger partial charge in [-0.15, -0.1) is 0 Å². The second-order valence-electron chi connectivity index (χ2n) is 4.80. The largest absolute Gasteiger partial charge is 0.466 e. The number of piperazine rings is 1. The van der Waals surface area contributed by atoms with E-state index in [-0.39, 0.29) is 11.9 Å². The van der Waals surface area contributed by atoms with Crippen LogP contribution in [0.3, 0.4) is 0 Å². The van der Waals surface area contributed by atoms with Crippen molar-refractivity contribution in [2.75, 3.05) is 46.4 Å². The van der Waals surface area contributed by atoms with Gasteiger partial charge in [-0.25, -0.2) is 0 Å². The first-order valence-corrected chi connectivity index (χ1v) is 6.37. The van der Waals surface area contributed by atoms with Gasteiger partial charge in [-0.1, -0.05) is 6.92 Å². The van der Waals surface area contributed by atoms with Crippen LogP contribution in [0, 0.1) is 5.92 Å². The highest BCUT2D eigenvalue weighted by atomic mass is 16.5. The molecular weight excluding hydrogens is 218 g/mol. The smallest absolute Gasteiger partial charge is 0.309 e. The molecule has 0 spiro atoms. The number of nitrogens with two attached hydrogens (primary N) is 1. The number of hydrogen-bond acceptors (Lipinski definition) is 5. The summed E-state index contributed by atoms with van der Waals surface area (Å²) in [4.78, 5) is 16.2. The number of nitrogens with zero attached hydrogens (tertiary/aromatic N) is 2. The molecule has 1 saturated heterocycles. The van der Waals surface area contributed by atoms with Crippen molar-refractivity contribution in [2.45, 2.75) is 19.9 Å². The fraction of sp³-hybridized carbons (Fsp3) is 0.917. The summed E-state index contributed by atoms with van der Waals surface area (Å²) in [6.45, 7) is 8.58. The fourth-order valence-electron chi connectivity index (χ4n) is 2.22. The fourth-order valence-corrected chi connectivity index (χ4v) is 2.22. The Labute approximate surface area is 104 Å². The molecule has 5 nitrogen and oxygen atoms in total. The minimum absolute atomic E-state index is 0.0765. The highest BCUT2D eigenvalue weighted by molar-refractivity contribution is 5.72. The van der Waals surface area contributed by atoms with Gasteiger partial charge in [0.25, 0.3) is 0 Å². The van der Waals surface area contributed by atoms with Crippen LogP contribution in [-0.2, 0) is 9.53 Å². The Morgan fingerprint density at radius 1 is 1.53 bits per heavy atom. The first-order chi connectivity index (χ1) is 8.08. The molecule has 5 heteroatoms. The zero-order valence-corrected chi connectivity index (χ0v) is 11.2. The topological polar surface area (TPSA) is 58.8 Å². The molecule has 1 fully saturated rings. The van der Waals surface area contributed by atoms with Crippen LogP contribution in [0.25, 0.3) is 0 Å². The van der Waals surface area contributed by atoms with E-state index >= 15 is 0 Å². The molecular formula is C12H25N3O2. The number of likely N-dealkylation sites (N-methyl/N-ethyl adjacent to an activating group) is 1. The molecule has 100 valence electrons. The van der Waals surface area contributed by atoms with Crippen LogP contribution in [0.15, 0.2) is 0 Å². The van der Waals surface area contributed by atoms with Crippen molar-refractivity contribution in [3.8, 4) is 0 Å². The van der Waals surface area contributed by atoms with Gasteiger partial charge in [0.2, 0.25) is 0 Å². The van der Waals surface area contributed by atoms with Crippen molar-refractivity contribution in [1.29, 1.82) is 0 Å². The number of rotatable bonds is 5. The minimum Gasteiger partial charge on any atom is -0.466 e. The molecule has 0 aromatic heterocycles. The summed E-state index contributed by atoms with van der Waals surface area (Å²) in [5, 5.41) is 0. The summed E-state index contributed by atoms with van der Waals surface area (Å²) < 4.78 is 5.03. The molecule has 0 amide bonds. The number of hydrogen-bond donors (Lipinski definition) is 1. The van der Waals surface area contributed by atoms with Gasteiger partial charge in [0.1, 0.15) is 0 Å². The molecule has 1 aliphatic heterocycles. The van der Waals surface area contributed by atoms with Crippen molar-refractivity contribution in [2.24, 2.45) is 11.7 Å². The van der Waals surface area contributed by atoms with Gasteiger partial charge in [-0.3, -0.25) is 9.69 Å². The predicted octanol–water partition coefficient (Wildman–Crippen LogP) is -0.240. The Balaban J connectivity index is 2.46. The van der Waals surface area contributed by atoms with E-state index < -0.39 is 0 Å². The summed E-state index contributed by atoms with van der Waals surface area (Å²) in [5.41, 5.74) is 5.78. The van der Waals surface area contributed by atoms with E-state index in [4.69, 9.17) is 10.5 Å². The van der Waals surface area contributed by atoms with E-state index in [2.05, 4.69) is 16.8 Å². The number of ether oxygens (including phenoxy) is 1. The summed E-state index contributed by atoms with van der Waals surface area (Å²) in [6, 6.07) is 0.352. The van der Waals surface area contributed by atoms with Gasteiger partial charge < -0.3 is 15.4 Å². The van der Waals surface area contributed by atoms with Crippen molar-refractivity contribution < 1.29 is 9.53 Å². The van der Waals surface area contributed by atoms with E-state index in [0.717, 1.165) is 26.2 Å². The van der Waals surface area contributed by atoms with Gasteiger partial charge in [-0.05, 0) is 14.0 Å². The number of esters is 1. The van der Waals surface area contributed by atoms with Crippen LogP contribution >= 0.6 is 0 Å². The van der Waals surface area contributed by atoms with Gasteiger partial charge in [-0.2, -0.15) is 0 Å². The Bertz CT molecular complexity index is 248. The molecule has 1 aliphatic rings. The molecule has 0 radical (unpaired) electrons. The highest BCUT2D eigenvalue weighted by Gasteiger charge is 2.27. The van der Waals surface area contributed by atoms with Crippen molar-refractivity contribution >= 4 is 5.97 Å². The molecule has 0 bridgehead atoms. The normalized spacial score (nSPS) is 24.6. The maximum absolute atomic E-state index is 11.6. The molecule has 0 aromatic rings. The van der Waals surface area contributed by atoms with Crippen LogP contribution < -0.4 is 5.73 Å². The summed E-state index contributed by atoms with van der Waals surface area (Å²) >= 11 is 0. The summed E-state index contributed by atoms with van der Waals surface area (Å²) in [7, 11) is 2.11. The van der Waals surface area contributed by atoms with E-state index in [9.17, 15) is 4.79 Å². The van der Waals surface area contributed by atoms with Crippen LogP contribution in [0.1, 0.15) is 13.8 Å². The number of carbonyl (C=O) groups excluding carboxylic acids is 1. The minimum atomic E-state index is -0.109. The van der Waals surface area contributed by atoms with Crippen molar-refractivity contribution in [1.82, 2.24) is 9.80 Å². The van der Waals surface area contributed by atoms with Crippen LogP contribution in [0.4, 0.5) is 0 Å². The lowest BCUT2D eigenvalue weighted by Crippen LogP contribution is -2.56. The van der Waals surface area contributed by atoms with E-state index in [1.165, 1.54) is 0 Å². The van der Waals surface area contributed by atoms with Gasteiger partial charge in [0.05, 0.1) is 12.5 Å². The zero-order chi connectivity index (χ0) is 12.8. The standard InChI is InChI=1S/C12H25N3O2/c1-4-17-12(16)10(2)8-15-6-5-14(3)9-11(15)7-13/h10-11H,4-9,13H2,1-3H3. The van der Waals surface area contributed by atoms with Gasteiger partial charge in [0, 0.05) is 38.8 Å². The van der Waals surface area contributed by atoms with Crippen LogP contribution in [0.5, 0.6) is 0 Å². The lowest BCUT2D eigenvalue weighted by atomic mass is 10.1. The average Bonchev–Trinajstić information content (AvgIpc) is 2.31. The molecule has 0 aromatic carbocycles. The Morgan fingerprint density at radius 2 is 2.24 bits per heavy atom. The SMILES string of the molecule is CCOC(=O)C(C)CN1CCN(C)CC1CN. The molecule has 1 heterocycles. The lowest BCUT2D eigenvalue weighted by Gasteiger charge is -2.40. The quantitative estimate of drug-likeness (QED) is 0.675. The summed E-state index contributed by atoms with van der Waals surface area (Å²) in [6.07, 6.45) is 0. The Kier molecular flexibility index (Phi) is 5.88. The van der Waals surface area contributed by atoms with Crippen molar-refractivity contribution in [3.05, 3.63) is 0 Å². The van der Waals surface area contributed by atoms with Crippen LogP contribution in [-0.4, -0.2) is 68.2 Å². The summed E-state index contributed by atoms with van der Waals surface area (Å²) in [5.74, 6) is -0.186. The first kappa shape index (κ1) is 14.4. The zero-order valence-electron chi connectivity index (χ0n) is 11.2. The molecule has 2 atom stereocenters. The van der Waals surface area contributed by atoms with Crippen molar-refractivity contribution in [3.63, 3.8) is 0 Å². The predicted molar refractivity (Wildman–Crippen MR) is 67.7 cm³/mol. The third kappa shape index (κ3) is 4.26. The average molecular weight is 243 g/mol. The molecule has 1 rings (SSSR count). The Morgan fingerprint density at radius 3 is 2.82 bits per heavy atom. The second-order valence-corrected chi connectivity index (χ2v) is 4.80. The number of carbonyl (C=O) groups is 1. The third-order valence-electron chi connectivity index (χ3n) is 3.28. The first-order valence-electron chi connectivity index (χ1n) is 6.37. The highest BCUT2D eigenvalue weighted by Crippen LogP contribution is 2.11. The lowest BCUT2D eigenvalue weighted by molar-refractivity contribution is -0.148. The molecule has 0 saturated carbocycles. The molecule has 2 unspecified atom stereocenters. The third-order valence-corrected chi connectivity index (χ3v) is 3.28. The maximum Gasteiger partial charge on any atom is 0.309 e. The van der Waals surface area contributed by atoms with E-state index in [0.29, 0.717) is 19.2 Å². The van der Waals surface area contributed by atoms with E-state index in [1.54, 1.807) is 0 Å². The van der Waals surface area contributed by atoms with Crippen LogP contribution in [0.2, 0.25) is 0 Å². The second kappa shape index (κ2) is 6.93. The van der Waals surface area contributed by atoms with Gasteiger partial charge in [0.15, 0.2) is 0 Å². The molecule has 17 heavy (non-hydrogen) atoms. The maximum atomic E-state index is 11.6. The Hall–Kier alpha value is -0.650. The molecule has 0 aliphatic carbocycles.